The summed E-state index contributed by atoms with van der Waals surface area (Å²) < 4.78 is 1.32. The average Bonchev–Trinajstić information content (AvgIpc) is 2.50. The largest absolute Gasteiger partial charge is 0.295 e. The molecule has 0 bridgehead atoms. The van der Waals surface area contributed by atoms with E-state index in [9.17, 15) is 4.79 Å². The van der Waals surface area contributed by atoms with Crippen molar-refractivity contribution in [1.29, 1.82) is 0 Å². The minimum atomic E-state index is -1.50. The van der Waals surface area contributed by atoms with Crippen molar-refractivity contribution in [3.05, 3.63) is 58.1 Å². The van der Waals surface area contributed by atoms with Crippen LogP contribution in [-0.2, 0) is 10.5 Å². The Morgan fingerprint density at radius 1 is 1.16 bits per heavy atom. The molecule has 1 aromatic rings. The van der Waals surface area contributed by atoms with Crippen LogP contribution in [0.1, 0.15) is 45.6 Å². The first-order valence-corrected chi connectivity index (χ1v) is 13.7. The molecule has 0 aromatic heterocycles. The van der Waals surface area contributed by atoms with Crippen molar-refractivity contribution in [2.45, 2.75) is 65.4 Å². The first-order valence-electron chi connectivity index (χ1n) is 9.23. The van der Waals surface area contributed by atoms with Crippen molar-refractivity contribution in [1.82, 2.24) is 0 Å². The van der Waals surface area contributed by atoms with Crippen LogP contribution in [0.3, 0.4) is 0 Å². The Hall–Kier alpha value is -1.06. The van der Waals surface area contributed by atoms with Crippen molar-refractivity contribution in [3.8, 4) is 0 Å². The van der Waals surface area contributed by atoms with Crippen molar-refractivity contribution < 1.29 is 4.79 Å². The molecule has 0 aliphatic carbocycles. The SMILES string of the molecule is CC(C)=CCC[C@H](C)CC(=O)/C=C(\SCc1ccccc1)[Si](C)(C)C. The van der Waals surface area contributed by atoms with Gasteiger partial charge in [0.2, 0.25) is 0 Å². The Balaban J connectivity index is 2.65. The van der Waals surface area contributed by atoms with Gasteiger partial charge in [0.25, 0.3) is 0 Å². The third-order valence-electron chi connectivity index (χ3n) is 4.03. The molecule has 0 saturated carbocycles. The van der Waals surface area contributed by atoms with Crippen molar-refractivity contribution in [2.75, 3.05) is 0 Å². The molecule has 0 aliphatic heterocycles. The lowest BCUT2D eigenvalue weighted by Gasteiger charge is -2.20. The molecular weight excluding hydrogens is 340 g/mol. The summed E-state index contributed by atoms with van der Waals surface area (Å²) >= 11 is 1.85. The minimum Gasteiger partial charge on any atom is -0.295 e. The van der Waals surface area contributed by atoms with E-state index in [-0.39, 0.29) is 0 Å². The van der Waals surface area contributed by atoms with E-state index < -0.39 is 8.07 Å². The van der Waals surface area contributed by atoms with Gasteiger partial charge in [-0.2, -0.15) is 0 Å². The Bertz CT molecular complexity index is 592. The first-order chi connectivity index (χ1) is 11.7. The zero-order valence-electron chi connectivity index (χ0n) is 16.8. The Labute approximate surface area is 160 Å². The summed E-state index contributed by atoms with van der Waals surface area (Å²) in [7, 11) is -1.50. The Morgan fingerprint density at radius 3 is 2.36 bits per heavy atom. The van der Waals surface area contributed by atoms with Crippen LogP contribution < -0.4 is 0 Å². The molecule has 3 heteroatoms. The monoisotopic (exact) mass is 374 g/mol. The number of rotatable bonds is 10. The topological polar surface area (TPSA) is 17.1 Å². The summed E-state index contributed by atoms with van der Waals surface area (Å²) in [5.74, 6) is 1.68. The summed E-state index contributed by atoms with van der Waals surface area (Å²) in [4.78, 5) is 12.5. The number of ketones is 1. The van der Waals surface area contributed by atoms with E-state index in [4.69, 9.17) is 0 Å². The summed E-state index contributed by atoms with van der Waals surface area (Å²) in [6.07, 6.45) is 7.04. The molecule has 0 amide bonds. The molecule has 0 radical (unpaired) electrons. The third-order valence-corrected chi connectivity index (χ3v) is 8.83. The highest BCUT2D eigenvalue weighted by Gasteiger charge is 2.21. The van der Waals surface area contributed by atoms with Gasteiger partial charge in [-0.15, -0.1) is 11.8 Å². The quantitative estimate of drug-likeness (QED) is 0.248. The van der Waals surface area contributed by atoms with E-state index in [0.717, 1.165) is 18.6 Å². The van der Waals surface area contributed by atoms with Crippen molar-refractivity contribution in [2.24, 2.45) is 5.92 Å². The lowest BCUT2D eigenvalue weighted by Crippen LogP contribution is -2.23. The van der Waals surface area contributed by atoms with Gasteiger partial charge in [-0.3, -0.25) is 4.79 Å². The van der Waals surface area contributed by atoms with Gasteiger partial charge in [0.15, 0.2) is 5.78 Å². The highest BCUT2D eigenvalue weighted by molar-refractivity contribution is 8.04. The fourth-order valence-electron chi connectivity index (χ4n) is 2.52. The van der Waals surface area contributed by atoms with Gasteiger partial charge in [-0.25, -0.2) is 0 Å². The predicted molar refractivity (Wildman–Crippen MR) is 117 cm³/mol. The van der Waals surface area contributed by atoms with Crippen LogP contribution in [0.2, 0.25) is 19.6 Å². The van der Waals surface area contributed by atoms with Gasteiger partial charge in [0, 0.05) is 12.2 Å². The number of thioether (sulfide) groups is 1. The predicted octanol–water partition coefficient (Wildman–Crippen LogP) is 7.02. The highest BCUT2D eigenvalue weighted by atomic mass is 32.2. The molecule has 1 nitrogen and oxygen atoms in total. The minimum absolute atomic E-state index is 0.294. The molecule has 0 spiro atoms. The average molecular weight is 375 g/mol. The summed E-state index contributed by atoms with van der Waals surface area (Å²) in [5, 5.41) is 0. The molecule has 0 fully saturated rings. The van der Waals surface area contributed by atoms with Gasteiger partial charge in [-0.05, 0) is 48.8 Å². The summed E-state index contributed by atoms with van der Waals surface area (Å²) in [5.41, 5.74) is 2.68. The third kappa shape index (κ3) is 9.86. The van der Waals surface area contributed by atoms with Crippen LogP contribution in [0.5, 0.6) is 0 Å². The number of hydrogen-bond acceptors (Lipinski definition) is 2. The van der Waals surface area contributed by atoms with Gasteiger partial charge < -0.3 is 0 Å². The fraction of sp³-hybridized carbons (Fsp3) is 0.500. The van der Waals surface area contributed by atoms with E-state index in [0.29, 0.717) is 18.1 Å². The van der Waals surface area contributed by atoms with Gasteiger partial charge in [0.1, 0.15) is 0 Å². The van der Waals surface area contributed by atoms with E-state index in [1.54, 1.807) is 0 Å². The smallest absolute Gasteiger partial charge is 0.156 e. The Morgan fingerprint density at radius 2 is 1.80 bits per heavy atom. The van der Waals surface area contributed by atoms with Crippen LogP contribution in [0.25, 0.3) is 0 Å². The number of benzene rings is 1. The van der Waals surface area contributed by atoms with Crippen LogP contribution in [0.15, 0.2) is 52.6 Å². The van der Waals surface area contributed by atoms with Crippen molar-refractivity contribution in [3.63, 3.8) is 0 Å². The van der Waals surface area contributed by atoms with E-state index >= 15 is 0 Å². The lowest BCUT2D eigenvalue weighted by atomic mass is 9.98. The number of carbonyl (C=O) groups is 1. The normalized spacial score (nSPS) is 13.4. The second-order valence-corrected chi connectivity index (χ2v) is 14.6. The van der Waals surface area contributed by atoms with Gasteiger partial charge in [-0.1, -0.05) is 68.5 Å². The molecular formula is C22H34OSSi. The summed E-state index contributed by atoms with van der Waals surface area (Å²) in [6.45, 7) is 13.4. The van der Waals surface area contributed by atoms with E-state index in [2.05, 4.69) is 70.8 Å². The van der Waals surface area contributed by atoms with Crippen molar-refractivity contribution >= 4 is 25.6 Å². The van der Waals surface area contributed by atoms with E-state index in [1.165, 1.54) is 15.7 Å². The molecule has 1 rings (SSSR count). The second-order valence-electron chi connectivity index (χ2n) is 8.17. The Kier molecular flexibility index (Phi) is 9.51. The fourth-order valence-corrected chi connectivity index (χ4v) is 5.79. The molecule has 1 aromatic carbocycles. The summed E-state index contributed by atoms with van der Waals surface area (Å²) in [6, 6.07) is 10.5. The van der Waals surface area contributed by atoms with Gasteiger partial charge in [0.05, 0.1) is 8.07 Å². The first kappa shape index (κ1) is 22.0. The molecule has 1 atom stereocenters. The molecule has 0 unspecified atom stereocenters. The zero-order valence-corrected chi connectivity index (χ0v) is 18.6. The van der Waals surface area contributed by atoms with Crippen LogP contribution in [0, 0.1) is 5.92 Å². The maximum Gasteiger partial charge on any atom is 0.156 e. The second kappa shape index (κ2) is 10.8. The van der Waals surface area contributed by atoms with Crippen LogP contribution in [0.4, 0.5) is 0 Å². The molecule has 0 heterocycles. The standard InChI is InChI=1S/C22H34OSSi/c1-18(2)11-10-12-19(3)15-21(23)16-22(25(4,5)6)24-17-20-13-8-7-9-14-20/h7-9,11,13-14,16,19H,10,12,15,17H2,1-6H3/b22-16+/t19-/m0/s1. The maximum absolute atomic E-state index is 12.5. The molecule has 0 saturated heterocycles. The number of carbonyl (C=O) groups excluding carboxylic acids is 1. The molecule has 0 N–H and O–H groups in total. The van der Waals surface area contributed by atoms with E-state index in [1.807, 2.05) is 23.9 Å². The molecule has 25 heavy (non-hydrogen) atoms. The number of hydrogen-bond donors (Lipinski definition) is 0. The van der Waals surface area contributed by atoms with Gasteiger partial charge >= 0.3 is 0 Å². The van der Waals surface area contributed by atoms with Crippen LogP contribution >= 0.6 is 11.8 Å². The number of allylic oxidation sites excluding steroid dienone is 3. The molecule has 0 aliphatic rings. The lowest BCUT2D eigenvalue weighted by molar-refractivity contribution is -0.115. The van der Waals surface area contributed by atoms with Crippen LogP contribution in [-0.4, -0.2) is 13.9 Å². The zero-order chi connectivity index (χ0) is 18.9. The molecule has 138 valence electrons. The maximum atomic E-state index is 12.5. The highest BCUT2D eigenvalue weighted by Crippen LogP contribution is 2.30.